The number of ether oxygens (including phenoxy) is 1. The van der Waals surface area contributed by atoms with Crippen LogP contribution in [0.3, 0.4) is 0 Å². The summed E-state index contributed by atoms with van der Waals surface area (Å²) in [6, 6.07) is 11.0. The molecule has 1 unspecified atom stereocenters. The van der Waals surface area contributed by atoms with Crippen LogP contribution in [0.1, 0.15) is 77.3 Å². The van der Waals surface area contributed by atoms with Gasteiger partial charge in [-0.3, -0.25) is 5.10 Å². The molecule has 3 N–H and O–H groups in total. The lowest BCUT2D eigenvalue weighted by molar-refractivity contribution is 0.243. The van der Waals surface area contributed by atoms with Crippen molar-refractivity contribution in [2.75, 3.05) is 10.6 Å². The molecule has 0 saturated heterocycles. The summed E-state index contributed by atoms with van der Waals surface area (Å²) in [5.41, 5.74) is 4.00. The number of para-hydroxylation sites is 1. The molecule has 0 radical (unpaired) electrons. The standard InChI is InChI=1S/C32H40N6O3S/c1-8-10-14-23(13-9-2)24-18-28(41-20(3)4)27(17-22(24)7)35-32-36-30(25-19-33-38-31(25)37-32)34-26-15-11-12-16-29(26)42(39,40)21(5)6/h1,11-12,15-21,23H,9-10,13-14H2,2-7H3,(H3,33,34,35,36,37,38). The Hall–Kier alpha value is -4.10. The topological polar surface area (TPSA) is 122 Å². The first kappa shape index (κ1) is 30.8. The molecule has 2 heterocycles. The Morgan fingerprint density at radius 3 is 2.50 bits per heavy atom. The molecule has 1 atom stereocenters. The molecule has 0 aliphatic heterocycles. The zero-order valence-corrected chi connectivity index (χ0v) is 26.0. The maximum Gasteiger partial charge on any atom is 0.231 e. The van der Waals surface area contributed by atoms with Crippen molar-refractivity contribution in [1.29, 1.82) is 0 Å². The highest BCUT2D eigenvalue weighted by Crippen LogP contribution is 2.38. The Kier molecular flexibility index (Phi) is 9.74. The summed E-state index contributed by atoms with van der Waals surface area (Å²) in [7, 11) is -3.54. The lowest BCUT2D eigenvalue weighted by atomic mass is 9.87. The first-order valence-corrected chi connectivity index (χ1v) is 15.9. The van der Waals surface area contributed by atoms with E-state index in [9.17, 15) is 8.42 Å². The minimum Gasteiger partial charge on any atom is -0.489 e. The molecule has 10 heteroatoms. The van der Waals surface area contributed by atoms with E-state index in [1.54, 1.807) is 44.3 Å². The second-order valence-corrected chi connectivity index (χ2v) is 13.4. The van der Waals surface area contributed by atoms with Crippen LogP contribution in [-0.4, -0.2) is 39.9 Å². The second kappa shape index (κ2) is 13.3. The third-order valence-electron chi connectivity index (χ3n) is 7.07. The summed E-state index contributed by atoms with van der Waals surface area (Å²) < 4.78 is 32.4. The maximum atomic E-state index is 13.1. The number of terminal acetylenes is 1. The number of rotatable bonds is 13. The minimum absolute atomic E-state index is 0.0518. The molecule has 0 amide bonds. The highest BCUT2D eigenvalue weighted by Gasteiger charge is 2.24. The van der Waals surface area contributed by atoms with Crippen LogP contribution >= 0.6 is 0 Å². The normalized spacial score (nSPS) is 12.5. The number of hydrogen-bond acceptors (Lipinski definition) is 8. The van der Waals surface area contributed by atoms with Gasteiger partial charge >= 0.3 is 0 Å². The first-order valence-electron chi connectivity index (χ1n) is 14.4. The van der Waals surface area contributed by atoms with Gasteiger partial charge in [0.25, 0.3) is 0 Å². The fourth-order valence-electron chi connectivity index (χ4n) is 4.96. The van der Waals surface area contributed by atoms with Gasteiger partial charge in [-0.25, -0.2) is 8.42 Å². The average Bonchev–Trinajstić information content (AvgIpc) is 3.41. The number of aromatic nitrogens is 4. The summed E-state index contributed by atoms with van der Waals surface area (Å²) in [5.74, 6) is 4.54. The molecule has 0 bridgehead atoms. The van der Waals surface area contributed by atoms with Crippen LogP contribution in [0.5, 0.6) is 5.75 Å². The lowest BCUT2D eigenvalue weighted by Crippen LogP contribution is -2.15. The number of aryl methyl sites for hydroxylation is 1. The fourth-order valence-corrected chi connectivity index (χ4v) is 6.16. The van der Waals surface area contributed by atoms with E-state index in [4.69, 9.17) is 16.1 Å². The summed E-state index contributed by atoms with van der Waals surface area (Å²) in [6.07, 6.45) is 10.9. The van der Waals surface area contributed by atoms with Crippen LogP contribution in [0, 0.1) is 19.3 Å². The van der Waals surface area contributed by atoms with Gasteiger partial charge in [-0.15, -0.1) is 12.3 Å². The predicted octanol–water partition coefficient (Wildman–Crippen LogP) is 7.41. The average molecular weight is 589 g/mol. The Labute approximate surface area is 248 Å². The maximum absolute atomic E-state index is 13.1. The molecule has 0 spiro atoms. The highest BCUT2D eigenvalue weighted by molar-refractivity contribution is 7.92. The number of hydrogen-bond donors (Lipinski definition) is 3. The number of aromatic amines is 1. The van der Waals surface area contributed by atoms with E-state index in [2.05, 4.69) is 57.7 Å². The zero-order chi connectivity index (χ0) is 30.4. The second-order valence-electron chi connectivity index (χ2n) is 11.0. The van der Waals surface area contributed by atoms with E-state index in [-0.39, 0.29) is 11.0 Å². The highest BCUT2D eigenvalue weighted by atomic mass is 32.2. The molecule has 0 saturated carbocycles. The first-order chi connectivity index (χ1) is 20.0. The Bertz CT molecular complexity index is 1690. The van der Waals surface area contributed by atoms with Crippen LogP contribution in [0.25, 0.3) is 11.0 Å². The fraction of sp³-hybridized carbons (Fsp3) is 0.406. The molecule has 0 fully saturated rings. The summed E-state index contributed by atoms with van der Waals surface area (Å²) in [5, 5.41) is 13.7. The van der Waals surface area contributed by atoms with Gasteiger partial charge in [0.2, 0.25) is 5.95 Å². The molecule has 222 valence electrons. The Balaban J connectivity index is 1.76. The van der Waals surface area contributed by atoms with Crippen LogP contribution < -0.4 is 15.4 Å². The largest absolute Gasteiger partial charge is 0.489 e. The third-order valence-corrected chi connectivity index (χ3v) is 9.28. The van der Waals surface area contributed by atoms with Gasteiger partial charge in [0.15, 0.2) is 15.5 Å². The molecular weight excluding hydrogens is 548 g/mol. The Morgan fingerprint density at radius 2 is 1.81 bits per heavy atom. The lowest BCUT2D eigenvalue weighted by Gasteiger charge is -2.23. The van der Waals surface area contributed by atoms with Crippen molar-refractivity contribution in [2.24, 2.45) is 0 Å². The van der Waals surface area contributed by atoms with Gasteiger partial charge in [-0.05, 0) is 88.8 Å². The van der Waals surface area contributed by atoms with Crippen molar-refractivity contribution in [1.82, 2.24) is 20.2 Å². The van der Waals surface area contributed by atoms with Crippen LogP contribution in [0.2, 0.25) is 0 Å². The van der Waals surface area contributed by atoms with Crippen molar-refractivity contribution in [2.45, 2.75) is 89.4 Å². The van der Waals surface area contributed by atoms with Crippen molar-refractivity contribution >= 4 is 44.0 Å². The number of nitrogens with one attached hydrogen (secondary N) is 3. The van der Waals surface area contributed by atoms with Gasteiger partial charge in [0, 0.05) is 6.42 Å². The number of H-pyrrole nitrogens is 1. The van der Waals surface area contributed by atoms with E-state index in [0.29, 0.717) is 40.2 Å². The quantitative estimate of drug-likeness (QED) is 0.138. The van der Waals surface area contributed by atoms with Gasteiger partial charge in [0.1, 0.15) is 11.6 Å². The molecule has 4 rings (SSSR count). The smallest absolute Gasteiger partial charge is 0.231 e. The SMILES string of the molecule is C#CCCC(CCC)c1cc(OC(C)C)c(Nc2nc(Nc3ccccc3S(=O)(=O)C(C)C)c3cn[nH]c3n2)cc1C. The van der Waals surface area contributed by atoms with E-state index in [1.807, 2.05) is 13.8 Å². The number of sulfone groups is 1. The summed E-state index contributed by atoms with van der Waals surface area (Å²) in [6.45, 7) is 11.6. The zero-order valence-electron chi connectivity index (χ0n) is 25.2. The summed E-state index contributed by atoms with van der Waals surface area (Å²) >= 11 is 0. The number of benzene rings is 2. The molecule has 9 nitrogen and oxygen atoms in total. The van der Waals surface area contributed by atoms with Crippen LogP contribution in [-0.2, 0) is 9.84 Å². The molecule has 42 heavy (non-hydrogen) atoms. The predicted molar refractivity (Wildman–Crippen MR) is 170 cm³/mol. The van der Waals surface area contributed by atoms with E-state index in [0.717, 1.165) is 36.9 Å². The Morgan fingerprint density at radius 1 is 1.05 bits per heavy atom. The van der Waals surface area contributed by atoms with E-state index < -0.39 is 15.1 Å². The molecule has 2 aromatic heterocycles. The van der Waals surface area contributed by atoms with Crippen molar-refractivity contribution in [3.05, 3.63) is 53.7 Å². The summed E-state index contributed by atoms with van der Waals surface area (Å²) in [4.78, 5) is 9.58. The number of fused-ring (bicyclic) bond motifs is 1. The molecule has 4 aromatic rings. The van der Waals surface area contributed by atoms with Crippen molar-refractivity contribution in [3.8, 4) is 18.1 Å². The number of nitrogens with zero attached hydrogens (tertiary/aromatic N) is 3. The third kappa shape index (κ3) is 6.85. The van der Waals surface area contributed by atoms with Gasteiger partial charge in [-0.1, -0.05) is 25.5 Å². The van der Waals surface area contributed by atoms with Gasteiger partial charge < -0.3 is 15.4 Å². The molecule has 0 aliphatic carbocycles. The molecule has 2 aromatic carbocycles. The monoisotopic (exact) mass is 588 g/mol. The minimum atomic E-state index is -3.54. The molecule has 0 aliphatic rings. The van der Waals surface area contributed by atoms with Crippen molar-refractivity contribution < 1.29 is 13.2 Å². The van der Waals surface area contributed by atoms with E-state index >= 15 is 0 Å². The van der Waals surface area contributed by atoms with Crippen LogP contribution in [0.15, 0.2) is 47.5 Å². The van der Waals surface area contributed by atoms with E-state index in [1.165, 1.54) is 5.56 Å². The van der Waals surface area contributed by atoms with Crippen LogP contribution in [0.4, 0.5) is 23.1 Å². The number of anilines is 4. The van der Waals surface area contributed by atoms with Gasteiger partial charge in [-0.2, -0.15) is 15.1 Å². The van der Waals surface area contributed by atoms with Crippen molar-refractivity contribution in [3.63, 3.8) is 0 Å². The molecular formula is C32H40N6O3S. The van der Waals surface area contributed by atoms with Gasteiger partial charge in [0.05, 0.1) is 39.2 Å².